The summed E-state index contributed by atoms with van der Waals surface area (Å²) >= 11 is 0. The van der Waals surface area contributed by atoms with Crippen LogP contribution in [-0.2, 0) is 17.6 Å². The van der Waals surface area contributed by atoms with Crippen LogP contribution in [0.5, 0.6) is 0 Å². The fraction of sp³-hybridized carbons (Fsp3) is 0.556. The van der Waals surface area contributed by atoms with Crippen molar-refractivity contribution in [1.29, 1.82) is 0 Å². The van der Waals surface area contributed by atoms with Crippen LogP contribution in [0.2, 0.25) is 0 Å². The lowest BCUT2D eigenvalue weighted by Crippen LogP contribution is -2.43. The second-order valence-electron chi connectivity index (χ2n) is 6.53. The molecular weight excluding hydrogens is 248 g/mol. The SMILES string of the molecule is OC1(C2=CCCCO2)C2CCC1Cc1ccccc1C2. The minimum atomic E-state index is -0.723. The first-order chi connectivity index (χ1) is 9.78. The Bertz CT molecular complexity index is 513. The van der Waals surface area contributed by atoms with Crippen LogP contribution >= 0.6 is 0 Å². The molecule has 20 heavy (non-hydrogen) atoms. The average molecular weight is 270 g/mol. The highest BCUT2D eigenvalue weighted by Gasteiger charge is 2.53. The molecule has 3 aliphatic rings. The van der Waals surface area contributed by atoms with Gasteiger partial charge in [0, 0.05) is 0 Å². The molecule has 1 aromatic carbocycles. The van der Waals surface area contributed by atoms with Gasteiger partial charge >= 0.3 is 0 Å². The molecule has 0 amide bonds. The van der Waals surface area contributed by atoms with Gasteiger partial charge in [0.25, 0.3) is 0 Å². The molecule has 1 aromatic rings. The summed E-state index contributed by atoms with van der Waals surface area (Å²) in [6, 6.07) is 8.69. The lowest BCUT2D eigenvalue weighted by atomic mass is 9.80. The summed E-state index contributed by atoms with van der Waals surface area (Å²) in [7, 11) is 0. The first kappa shape index (κ1) is 12.5. The summed E-state index contributed by atoms with van der Waals surface area (Å²) in [5.41, 5.74) is 2.13. The Kier molecular flexibility index (Phi) is 2.88. The van der Waals surface area contributed by atoms with Gasteiger partial charge in [-0.25, -0.2) is 0 Å². The molecule has 2 bridgehead atoms. The van der Waals surface area contributed by atoms with Crippen LogP contribution in [0.15, 0.2) is 36.1 Å². The molecule has 1 saturated carbocycles. The van der Waals surface area contributed by atoms with Gasteiger partial charge in [0.05, 0.1) is 6.61 Å². The molecule has 0 saturated heterocycles. The maximum atomic E-state index is 11.5. The van der Waals surface area contributed by atoms with E-state index in [1.54, 1.807) is 0 Å². The molecule has 1 aliphatic heterocycles. The van der Waals surface area contributed by atoms with Crippen LogP contribution in [-0.4, -0.2) is 17.3 Å². The molecule has 1 N–H and O–H groups in total. The van der Waals surface area contributed by atoms with E-state index in [0.717, 1.165) is 50.9 Å². The molecule has 106 valence electrons. The number of rotatable bonds is 1. The van der Waals surface area contributed by atoms with Gasteiger partial charge < -0.3 is 9.84 Å². The Morgan fingerprint density at radius 2 is 1.70 bits per heavy atom. The second-order valence-corrected chi connectivity index (χ2v) is 6.53. The first-order valence-corrected chi connectivity index (χ1v) is 7.91. The summed E-state index contributed by atoms with van der Waals surface area (Å²) in [4.78, 5) is 0. The van der Waals surface area contributed by atoms with E-state index in [4.69, 9.17) is 4.74 Å². The zero-order valence-electron chi connectivity index (χ0n) is 11.8. The van der Waals surface area contributed by atoms with Crippen LogP contribution in [0.25, 0.3) is 0 Å². The zero-order chi connectivity index (χ0) is 13.6. The molecule has 0 aromatic heterocycles. The van der Waals surface area contributed by atoms with Crippen molar-refractivity contribution in [3.8, 4) is 0 Å². The van der Waals surface area contributed by atoms with Crippen molar-refractivity contribution in [1.82, 2.24) is 0 Å². The van der Waals surface area contributed by atoms with E-state index in [2.05, 4.69) is 30.3 Å². The van der Waals surface area contributed by atoms with Gasteiger partial charge in [-0.05, 0) is 67.6 Å². The smallest absolute Gasteiger partial charge is 0.127 e. The molecule has 2 heteroatoms. The van der Waals surface area contributed by atoms with E-state index in [0.29, 0.717) is 11.8 Å². The van der Waals surface area contributed by atoms with Gasteiger partial charge in [-0.15, -0.1) is 0 Å². The summed E-state index contributed by atoms with van der Waals surface area (Å²) in [6.07, 6.45) is 8.49. The predicted molar refractivity (Wildman–Crippen MR) is 78.3 cm³/mol. The highest BCUT2D eigenvalue weighted by molar-refractivity contribution is 5.34. The topological polar surface area (TPSA) is 29.5 Å². The van der Waals surface area contributed by atoms with Gasteiger partial charge in [0.1, 0.15) is 11.4 Å². The van der Waals surface area contributed by atoms with Gasteiger partial charge in [-0.1, -0.05) is 24.3 Å². The number of benzene rings is 1. The molecule has 0 radical (unpaired) electrons. The Hall–Kier alpha value is -1.28. The van der Waals surface area contributed by atoms with Gasteiger partial charge in [0.15, 0.2) is 0 Å². The normalized spacial score (nSPS) is 35.8. The van der Waals surface area contributed by atoms with Crippen LogP contribution in [0.4, 0.5) is 0 Å². The third kappa shape index (κ3) is 1.74. The Morgan fingerprint density at radius 1 is 1.05 bits per heavy atom. The second kappa shape index (κ2) is 4.63. The van der Waals surface area contributed by atoms with Crippen LogP contribution in [0.3, 0.4) is 0 Å². The molecule has 1 fully saturated rings. The fourth-order valence-electron chi connectivity index (χ4n) is 4.42. The number of ether oxygens (including phenoxy) is 1. The van der Waals surface area contributed by atoms with Crippen molar-refractivity contribution >= 4 is 0 Å². The van der Waals surface area contributed by atoms with Gasteiger partial charge in [0.2, 0.25) is 0 Å². The third-order valence-corrected chi connectivity index (χ3v) is 5.49. The number of allylic oxidation sites excluding steroid dienone is 1. The fourth-order valence-corrected chi connectivity index (χ4v) is 4.42. The minimum absolute atomic E-state index is 0.320. The number of aliphatic hydroxyl groups is 1. The van der Waals surface area contributed by atoms with Gasteiger partial charge in [-0.3, -0.25) is 0 Å². The highest BCUT2D eigenvalue weighted by atomic mass is 16.5. The summed E-state index contributed by atoms with van der Waals surface area (Å²) in [5.74, 6) is 1.52. The summed E-state index contributed by atoms with van der Waals surface area (Å²) < 4.78 is 5.87. The number of hydrogen-bond donors (Lipinski definition) is 1. The maximum absolute atomic E-state index is 11.5. The molecule has 2 nitrogen and oxygen atoms in total. The summed E-state index contributed by atoms with van der Waals surface area (Å²) in [6.45, 7) is 0.764. The number of fused-ring (bicyclic) bond motifs is 3. The molecule has 4 rings (SSSR count). The monoisotopic (exact) mass is 270 g/mol. The largest absolute Gasteiger partial charge is 0.495 e. The molecule has 2 aliphatic carbocycles. The van der Waals surface area contributed by atoms with E-state index in [1.165, 1.54) is 11.1 Å². The van der Waals surface area contributed by atoms with Crippen molar-refractivity contribution in [2.45, 2.75) is 44.1 Å². The Balaban J connectivity index is 1.75. The number of hydrogen-bond acceptors (Lipinski definition) is 2. The molecule has 1 heterocycles. The molecule has 2 atom stereocenters. The molecule has 2 unspecified atom stereocenters. The third-order valence-electron chi connectivity index (χ3n) is 5.49. The lowest BCUT2D eigenvalue weighted by Gasteiger charge is -2.37. The standard InChI is InChI=1S/C18H22O2/c19-18(17-7-3-4-10-20-17)15-8-9-16(18)12-14-6-2-1-5-13(14)11-15/h1-2,5-7,15-16,19H,3-4,8-12H2. The van der Waals surface area contributed by atoms with Crippen molar-refractivity contribution < 1.29 is 9.84 Å². The zero-order valence-corrected chi connectivity index (χ0v) is 11.8. The van der Waals surface area contributed by atoms with E-state index in [9.17, 15) is 5.11 Å². The Morgan fingerprint density at radius 3 is 2.25 bits per heavy atom. The quantitative estimate of drug-likeness (QED) is 0.849. The van der Waals surface area contributed by atoms with E-state index in [1.807, 2.05) is 0 Å². The maximum Gasteiger partial charge on any atom is 0.127 e. The van der Waals surface area contributed by atoms with Crippen LogP contribution in [0.1, 0.15) is 36.8 Å². The van der Waals surface area contributed by atoms with Crippen LogP contribution < -0.4 is 0 Å². The predicted octanol–water partition coefficient (Wildman–Crippen LogP) is 3.24. The average Bonchev–Trinajstić information content (AvgIpc) is 2.72. The highest BCUT2D eigenvalue weighted by Crippen LogP contribution is 2.51. The van der Waals surface area contributed by atoms with E-state index >= 15 is 0 Å². The minimum Gasteiger partial charge on any atom is -0.495 e. The van der Waals surface area contributed by atoms with Gasteiger partial charge in [-0.2, -0.15) is 0 Å². The van der Waals surface area contributed by atoms with Crippen LogP contribution in [0, 0.1) is 11.8 Å². The van der Waals surface area contributed by atoms with Crippen molar-refractivity contribution in [3.63, 3.8) is 0 Å². The van der Waals surface area contributed by atoms with Crippen molar-refractivity contribution in [2.24, 2.45) is 11.8 Å². The lowest BCUT2D eigenvalue weighted by molar-refractivity contribution is -0.0521. The molecule has 0 spiro atoms. The van der Waals surface area contributed by atoms with E-state index < -0.39 is 5.60 Å². The van der Waals surface area contributed by atoms with Crippen molar-refractivity contribution in [2.75, 3.05) is 6.61 Å². The molecular formula is C18H22O2. The van der Waals surface area contributed by atoms with Crippen molar-refractivity contribution in [3.05, 3.63) is 47.2 Å². The van der Waals surface area contributed by atoms with E-state index in [-0.39, 0.29) is 0 Å². The first-order valence-electron chi connectivity index (χ1n) is 7.91. The Labute approximate surface area is 120 Å². The summed E-state index contributed by atoms with van der Waals surface area (Å²) in [5, 5.41) is 11.5.